The van der Waals surface area contributed by atoms with Crippen LogP contribution in [0.25, 0.3) is 11.1 Å². The van der Waals surface area contributed by atoms with Crippen LogP contribution in [0, 0.1) is 0 Å². The summed E-state index contributed by atoms with van der Waals surface area (Å²) in [6.45, 7) is 5.57. The first-order valence-electron chi connectivity index (χ1n) is 15.3. The summed E-state index contributed by atoms with van der Waals surface area (Å²) < 4.78 is 44.9. The van der Waals surface area contributed by atoms with Gasteiger partial charge in [-0.2, -0.15) is 8.42 Å². The predicted octanol–water partition coefficient (Wildman–Crippen LogP) is 4.53. The summed E-state index contributed by atoms with van der Waals surface area (Å²) in [5.74, 6) is -1.33. The van der Waals surface area contributed by atoms with Gasteiger partial charge in [0.15, 0.2) is 5.69 Å². The predicted molar refractivity (Wildman–Crippen MR) is 188 cm³/mol. The van der Waals surface area contributed by atoms with Crippen LogP contribution in [-0.4, -0.2) is 84.7 Å². The zero-order chi connectivity index (χ0) is 35.4. The minimum absolute atomic E-state index is 0. The number of carbonyl (C=O) groups excluding carboxylic acids is 4. The topological polar surface area (TPSA) is 171 Å². The van der Waals surface area contributed by atoms with Gasteiger partial charge in [0, 0.05) is 30.4 Å². The molecule has 4 aromatic rings. The SMILES string of the molecule is CC(C)(C)OC(=O)NCCCNC(=O)c1ccc(-c2ccn(S(=O)(=O)NC(=O)OCc3ccccc3)c2C(=O)OCc2ccccc2)cc1.[NaH]. The summed E-state index contributed by atoms with van der Waals surface area (Å²) in [4.78, 5) is 50.4. The van der Waals surface area contributed by atoms with Crippen LogP contribution < -0.4 is 15.4 Å². The number of alkyl carbamates (subject to hydrolysis) is 1. The Morgan fingerprint density at radius 2 is 1.28 bits per heavy atom. The van der Waals surface area contributed by atoms with Crippen molar-refractivity contribution in [1.29, 1.82) is 0 Å². The summed E-state index contributed by atoms with van der Waals surface area (Å²) in [6, 6.07) is 25.1. The van der Waals surface area contributed by atoms with E-state index in [2.05, 4.69) is 10.6 Å². The van der Waals surface area contributed by atoms with Crippen molar-refractivity contribution in [3.05, 3.63) is 120 Å². The Morgan fingerprint density at radius 1 is 0.720 bits per heavy atom. The summed E-state index contributed by atoms with van der Waals surface area (Å²) in [5.41, 5.74) is 1.25. The first-order valence-corrected chi connectivity index (χ1v) is 16.8. The molecule has 0 bridgehead atoms. The van der Waals surface area contributed by atoms with Crippen LogP contribution in [0.1, 0.15) is 59.2 Å². The van der Waals surface area contributed by atoms with Gasteiger partial charge >= 0.3 is 57.9 Å². The molecule has 50 heavy (non-hydrogen) atoms. The van der Waals surface area contributed by atoms with E-state index in [9.17, 15) is 27.6 Å². The Labute approximate surface area is 313 Å². The molecule has 0 saturated carbocycles. The van der Waals surface area contributed by atoms with E-state index in [-0.39, 0.29) is 66.5 Å². The number of amides is 3. The van der Waals surface area contributed by atoms with Crippen LogP contribution in [-0.2, 0) is 37.6 Å². The quantitative estimate of drug-likeness (QED) is 0.0779. The molecule has 3 N–H and O–H groups in total. The van der Waals surface area contributed by atoms with E-state index in [1.165, 1.54) is 18.2 Å². The van der Waals surface area contributed by atoms with E-state index >= 15 is 0 Å². The second-order valence-corrected chi connectivity index (χ2v) is 13.3. The van der Waals surface area contributed by atoms with Gasteiger partial charge in [-0.3, -0.25) is 4.79 Å². The molecule has 0 saturated heterocycles. The van der Waals surface area contributed by atoms with Crippen LogP contribution in [0.4, 0.5) is 9.59 Å². The van der Waals surface area contributed by atoms with Crippen LogP contribution in [0.5, 0.6) is 0 Å². The molecule has 3 amide bonds. The Bertz CT molecular complexity index is 1860. The average Bonchev–Trinajstić information content (AvgIpc) is 3.53. The Balaban J connectivity index is 0.00000676. The Hall–Kier alpha value is -4.63. The number of aromatic nitrogens is 1. The van der Waals surface area contributed by atoms with Crippen LogP contribution >= 0.6 is 0 Å². The number of nitrogens with zero attached hydrogens (tertiary/aromatic N) is 1. The van der Waals surface area contributed by atoms with Gasteiger partial charge in [0.2, 0.25) is 0 Å². The van der Waals surface area contributed by atoms with E-state index in [0.29, 0.717) is 39.2 Å². The van der Waals surface area contributed by atoms with E-state index < -0.39 is 34.0 Å². The summed E-state index contributed by atoms with van der Waals surface area (Å²) in [6.07, 6.45) is -0.197. The van der Waals surface area contributed by atoms with Crippen molar-refractivity contribution in [2.45, 2.75) is 46.0 Å². The first kappa shape index (κ1) is 39.8. The number of nitrogens with one attached hydrogen (secondary N) is 3. The number of carbonyl (C=O) groups is 4. The molecule has 0 aliphatic carbocycles. The average molecular weight is 715 g/mol. The van der Waals surface area contributed by atoms with Crippen molar-refractivity contribution in [2.24, 2.45) is 0 Å². The molecule has 13 nitrogen and oxygen atoms in total. The molecule has 0 radical (unpaired) electrons. The zero-order valence-electron chi connectivity index (χ0n) is 27.3. The van der Waals surface area contributed by atoms with Crippen molar-refractivity contribution in [3.8, 4) is 11.1 Å². The number of hydrogen-bond acceptors (Lipinski definition) is 9. The molecule has 260 valence electrons. The van der Waals surface area contributed by atoms with Crippen molar-refractivity contribution in [3.63, 3.8) is 0 Å². The fraction of sp³-hybridized carbons (Fsp3) is 0.257. The molecule has 0 aliphatic heterocycles. The van der Waals surface area contributed by atoms with E-state index in [1.807, 2.05) is 4.72 Å². The van der Waals surface area contributed by atoms with Crippen LogP contribution in [0.3, 0.4) is 0 Å². The Kier molecular flexibility index (Phi) is 14.6. The molecule has 15 heteroatoms. The number of ether oxygens (including phenoxy) is 3. The van der Waals surface area contributed by atoms with Crippen LogP contribution in [0.15, 0.2) is 97.2 Å². The molecule has 1 heterocycles. The fourth-order valence-electron chi connectivity index (χ4n) is 4.44. The third-order valence-corrected chi connectivity index (χ3v) is 7.95. The molecule has 0 fully saturated rings. The maximum absolute atomic E-state index is 13.4. The Morgan fingerprint density at radius 3 is 1.86 bits per heavy atom. The fourth-order valence-corrected chi connectivity index (χ4v) is 5.45. The van der Waals surface area contributed by atoms with Gasteiger partial charge in [-0.05, 0) is 62.1 Å². The molecular weight excluding hydrogens is 675 g/mol. The van der Waals surface area contributed by atoms with Gasteiger partial charge in [-0.1, -0.05) is 72.8 Å². The number of esters is 1. The van der Waals surface area contributed by atoms with E-state index in [1.54, 1.807) is 93.6 Å². The summed E-state index contributed by atoms with van der Waals surface area (Å²) in [7, 11) is -4.67. The molecule has 0 spiro atoms. The molecule has 3 aromatic carbocycles. The second kappa shape index (κ2) is 18.4. The monoisotopic (exact) mass is 714 g/mol. The zero-order valence-corrected chi connectivity index (χ0v) is 28.1. The molecule has 1 aromatic heterocycles. The van der Waals surface area contributed by atoms with Gasteiger partial charge in [-0.25, -0.2) is 23.1 Å². The van der Waals surface area contributed by atoms with E-state index in [4.69, 9.17) is 14.2 Å². The van der Waals surface area contributed by atoms with Crippen molar-refractivity contribution < 1.29 is 41.8 Å². The van der Waals surface area contributed by atoms with E-state index in [0.717, 1.165) is 6.20 Å². The van der Waals surface area contributed by atoms with Crippen molar-refractivity contribution in [1.82, 2.24) is 19.3 Å². The molecule has 0 aliphatic rings. The van der Waals surface area contributed by atoms with Crippen molar-refractivity contribution in [2.75, 3.05) is 13.1 Å². The molecule has 0 atom stereocenters. The second-order valence-electron chi connectivity index (χ2n) is 11.7. The maximum atomic E-state index is 13.4. The van der Waals surface area contributed by atoms with Gasteiger partial charge in [0.1, 0.15) is 18.8 Å². The van der Waals surface area contributed by atoms with Gasteiger partial charge < -0.3 is 24.8 Å². The molecule has 4 rings (SSSR count). The molecular formula is C35H39N4NaO9S. The van der Waals surface area contributed by atoms with Gasteiger partial charge in [0.05, 0.1) is 0 Å². The van der Waals surface area contributed by atoms with Crippen molar-refractivity contribution >= 4 is 63.8 Å². The normalized spacial score (nSPS) is 11.0. The number of benzene rings is 3. The summed E-state index contributed by atoms with van der Waals surface area (Å²) >= 11 is 0. The number of hydrogen-bond donors (Lipinski definition) is 3. The molecule has 0 unspecified atom stereocenters. The van der Waals surface area contributed by atoms with Gasteiger partial charge in [-0.15, -0.1) is 0 Å². The standard InChI is InChI=1S/C35H38N4O9S.Na.H/c1-35(2,3)48-33(42)37-21-10-20-36-31(40)28-17-15-27(16-18-28)29-19-22-39(30(29)32(41)46-23-25-11-6-4-7-12-25)49(44,45)38-34(43)47-24-26-13-8-5-9-14-26;;/h4-9,11-19,22H,10,20-21,23-24H2,1-3H3,(H,36,40)(H,37,42)(H,38,43);;. The third-order valence-electron chi connectivity index (χ3n) is 6.71. The third kappa shape index (κ3) is 12.1. The number of rotatable bonds is 13. The summed E-state index contributed by atoms with van der Waals surface area (Å²) in [5, 5.41) is 5.39. The minimum atomic E-state index is -4.67. The first-order chi connectivity index (χ1) is 23.3. The van der Waals surface area contributed by atoms with Crippen LogP contribution in [0.2, 0.25) is 0 Å². The van der Waals surface area contributed by atoms with Gasteiger partial charge in [0.25, 0.3) is 5.91 Å².